The van der Waals surface area contributed by atoms with Crippen LogP contribution in [-0.2, 0) is 12.8 Å². The molecule has 2 aliphatic rings. The standard InChI is InChI=1S/C13H16N2O.C13H12N2O.C12H12N2/c2*1-8-13-11(5-6-14-8)10-4-3-9(16-2)7-12(10)15-13;1-8-12-10(6-7-13-8)9-4-2-3-5-11(9)14-12/h3-4,7-8,14-15H,5-6H2,1-2H3;3-7,15H,1-2H3;2-5,14H,6-7H2,1H3. The lowest BCUT2D eigenvalue weighted by molar-refractivity contribution is 0.415. The maximum absolute atomic E-state index is 5.25. The molecule has 0 amide bonds. The van der Waals surface area contributed by atoms with Gasteiger partial charge < -0.3 is 29.7 Å². The number of pyridine rings is 1. The number of nitrogens with one attached hydrogen (secondary N) is 4. The quantitative estimate of drug-likeness (QED) is 0.159. The van der Waals surface area contributed by atoms with Crippen LogP contribution in [-0.4, -0.2) is 53.0 Å². The highest BCUT2D eigenvalue weighted by molar-refractivity contribution is 6.08. The van der Waals surface area contributed by atoms with E-state index < -0.39 is 0 Å². The van der Waals surface area contributed by atoms with Gasteiger partial charge in [0.1, 0.15) is 11.5 Å². The summed E-state index contributed by atoms with van der Waals surface area (Å²) in [4.78, 5) is 19.0. The first kappa shape index (κ1) is 29.6. The normalized spacial score (nSPS) is 15.4. The van der Waals surface area contributed by atoms with Crippen molar-refractivity contribution in [2.75, 3.05) is 27.3 Å². The molecule has 46 heavy (non-hydrogen) atoms. The van der Waals surface area contributed by atoms with Crippen molar-refractivity contribution in [2.24, 2.45) is 4.99 Å². The number of hydrogen-bond acceptors (Lipinski definition) is 5. The van der Waals surface area contributed by atoms with Crippen LogP contribution in [0.5, 0.6) is 11.5 Å². The van der Waals surface area contributed by atoms with E-state index >= 15 is 0 Å². The molecule has 0 aliphatic carbocycles. The summed E-state index contributed by atoms with van der Waals surface area (Å²) in [5.41, 5.74) is 12.2. The number of hydrogen-bond donors (Lipinski definition) is 4. The number of fused-ring (bicyclic) bond motifs is 9. The van der Waals surface area contributed by atoms with Gasteiger partial charge in [-0.1, -0.05) is 18.2 Å². The number of ether oxygens (including phenoxy) is 2. The molecule has 0 spiro atoms. The monoisotopic (exact) mass is 612 g/mol. The van der Waals surface area contributed by atoms with Gasteiger partial charge in [-0.2, -0.15) is 0 Å². The zero-order valence-electron chi connectivity index (χ0n) is 27.0. The van der Waals surface area contributed by atoms with Crippen molar-refractivity contribution in [3.63, 3.8) is 0 Å². The molecule has 3 aromatic carbocycles. The second kappa shape index (κ2) is 12.4. The molecule has 234 valence electrons. The molecule has 0 fully saturated rings. The lowest BCUT2D eigenvalue weighted by Gasteiger charge is -2.20. The summed E-state index contributed by atoms with van der Waals surface area (Å²) >= 11 is 0. The van der Waals surface area contributed by atoms with Gasteiger partial charge in [-0.3, -0.25) is 9.98 Å². The lowest BCUT2D eigenvalue weighted by atomic mass is 10.0. The number of benzene rings is 3. The van der Waals surface area contributed by atoms with Gasteiger partial charge in [0.2, 0.25) is 0 Å². The second-order valence-electron chi connectivity index (χ2n) is 12.0. The topological polar surface area (TPSA) is 103 Å². The highest BCUT2D eigenvalue weighted by Gasteiger charge is 2.20. The minimum Gasteiger partial charge on any atom is -0.497 e. The molecule has 8 nitrogen and oxygen atoms in total. The maximum Gasteiger partial charge on any atom is 0.120 e. The Morgan fingerprint density at radius 3 is 2.22 bits per heavy atom. The third kappa shape index (κ3) is 5.39. The van der Waals surface area contributed by atoms with Gasteiger partial charge in [0.25, 0.3) is 0 Å². The van der Waals surface area contributed by atoms with Crippen LogP contribution >= 0.6 is 0 Å². The molecular formula is C38H40N6O2. The zero-order chi connectivity index (χ0) is 31.8. The fraction of sp³-hybridized carbons (Fsp3) is 0.263. The molecule has 1 atom stereocenters. The number of aromatic nitrogens is 4. The van der Waals surface area contributed by atoms with Crippen LogP contribution in [0.1, 0.15) is 48.1 Å². The largest absolute Gasteiger partial charge is 0.497 e. The van der Waals surface area contributed by atoms with E-state index in [2.05, 4.69) is 86.6 Å². The van der Waals surface area contributed by atoms with Gasteiger partial charge in [-0.15, -0.1) is 0 Å². The third-order valence-corrected chi connectivity index (χ3v) is 9.21. The minimum absolute atomic E-state index is 0.419. The predicted octanol–water partition coefficient (Wildman–Crippen LogP) is 7.95. The highest BCUT2D eigenvalue weighted by Crippen LogP contribution is 2.32. The van der Waals surface area contributed by atoms with Crippen LogP contribution in [0, 0.1) is 6.92 Å². The number of nitrogens with zero attached hydrogens (tertiary/aromatic N) is 2. The first-order valence-corrected chi connectivity index (χ1v) is 15.9. The Hall–Kier alpha value is -5.08. The Balaban J connectivity index is 0.000000110. The van der Waals surface area contributed by atoms with E-state index in [1.165, 1.54) is 55.1 Å². The summed E-state index contributed by atoms with van der Waals surface area (Å²) < 4.78 is 10.5. The number of H-pyrrole nitrogens is 3. The van der Waals surface area contributed by atoms with Gasteiger partial charge in [-0.05, 0) is 87.7 Å². The Morgan fingerprint density at radius 1 is 0.717 bits per heavy atom. The summed E-state index contributed by atoms with van der Waals surface area (Å²) in [5.74, 6) is 1.77. The third-order valence-electron chi connectivity index (χ3n) is 9.21. The first-order valence-electron chi connectivity index (χ1n) is 15.9. The van der Waals surface area contributed by atoms with Gasteiger partial charge in [-0.25, -0.2) is 0 Å². The Kier molecular flexibility index (Phi) is 7.96. The molecule has 7 aromatic rings. The minimum atomic E-state index is 0.419. The number of aliphatic imine (C=N–C) groups is 1. The van der Waals surface area contributed by atoms with Crippen molar-refractivity contribution in [2.45, 2.75) is 39.7 Å². The Labute approximate surface area is 268 Å². The van der Waals surface area contributed by atoms with E-state index in [9.17, 15) is 0 Å². The SMILES string of the molecule is CC1=NCCc2c1[nH]c1ccccc21.COc1ccc2c(c1)[nH]c1c(C)nccc12.COc1ccc2c3c([nH]c2c1)C(C)NCC3. The summed E-state index contributed by atoms with van der Waals surface area (Å²) in [6, 6.07) is 23.2. The van der Waals surface area contributed by atoms with E-state index in [1.54, 1.807) is 14.2 Å². The predicted molar refractivity (Wildman–Crippen MR) is 189 cm³/mol. The Morgan fingerprint density at radius 2 is 1.43 bits per heavy atom. The fourth-order valence-electron chi connectivity index (χ4n) is 6.79. The average Bonchev–Trinajstić information content (AvgIpc) is 3.78. The number of aryl methyl sites for hydroxylation is 1. The van der Waals surface area contributed by atoms with Crippen LogP contribution in [0.25, 0.3) is 43.6 Å². The van der Waals surface area contributed by atoms with Crippen molar-refractivity contribution < 1.29 is 9.47 Å². The number of para-hydroxylation sites is 1. The molecule has 8 heteroatoms. The van der Waals surface area contributed by atoms with Gasteiger partial charge >= 0.3 is 0 Å². The van der Waals surface area contributed by atoms with Gasteiger partial charge in [0, 0.05) is 69.2 Å². The number of aromatic amines is 3. The second-order valence-corrected chi connectivity index (χ2v) is 12.0. The molecule has 6 heterocycles. The van der Waals surface area contributed by atoms with E-state index in [1.807, 2.05) is 37.4 Å². The van der Waals surface area contributed by atoms with Crippen LogP contribution in [0.3, 0.4) is 0 Å². The first-order chi connectivity index (χ1) is 22.4. The zero-order valence-corrected chi connectivity index (χ0v) is 27.0. The molecule has 2 aliphatic heterocycles. The van der Waals surface area contributed by atoms with Crippen molar-refractivity contribution in [1.82, 2.24) is 25.3 Å². The average molecular weight is 613 g/mol. The van der Waals surface area contributed by atoms with E-state index in [4.69, 9.17) is 9.47 Å². The number of methoxy groups -OCH3 is 2. The van der Waals surface area contributed by atoms with Crippen molar-refractivity contribution >= 4 is 49.3 Å². The van der Waals surface area contributed by atoms with E-state index in [0.29, 0.717) is 6.04 Å². The van der Waals surface area contributed by atoms with Crippen LogP contribution < -0.4 is 14.8 Å². The van der Waals surface area contributed by atoms with Crippen LogP contribution in [0.15, 0.2) is 77.9 Å². The van der Waals surface area contributed by atoms with Crippen LogP contribution in [0.4, 0.5) is 0 Å². The van der Waals surface area contributed by atoms with Crippen LogP contribution in [0.2, 0.25) is 0 Å². The summed E-state index contributed by atoms with van der Waals surface area (Å²) in [6.07, 6.45) is 4.01. The fourth-order valence-corrected chi connectivity index (χ4v) is 6.79. The van der Waals surface area contributed by atoms with Crippen molar-refractivity contribution in [1.29, 1.82) is 0 Å². The lowest BCUT2D eigenvalue weighted by Crippen LogP contribution is -2.27. The molecular weight excluding hydrogens is 572 g/mol. The van der Waals surface area contributed by atoms with Gasteiger partial charge in [0.05, 0.1) is 42.4 Å². The summed E-state index contributed by atoms with van der Waals surface area (Å²) in [6.45, 7) is 8.28. The molecule has 0 radical (unpaired) electrons. The molecule has 0 saturated heterocycles. The maximum atomic E-state index is 5.25. The van der Waals surface area contributed by atoms with Crippen molar-refractivity contribution in [3.05, 3.63) is 101 Å². The molecule has 0 saturated carbocycles. The molecule has 0 bridgehead atoms. The van der Waals surface area contributed by atoms with Gasteiger partial charge in [0.15, 0.2) is 0 Å². The molecule has 4 N–H and O–H groups in total. The van der Waals surface area contributed by atoms with E-state index in [-0.39, 0.29) is 0 Å². The summed E-state index contributed by atoms with van der Waals surface area (Å²) in [5, 5.41) is 8.58. The molecule has 4 aromatic heterocycles. The Bertz CT molecular complexity index is 2220. The summed E-state index contributed by atoms with van der Waals surface area (Å²) in [7, 11) is 3.38. The smallest absolute Gasteiger partial charge is 0.120 e. The van der Waals surface area contributed by atoms with E-state index in [0.717, 1.165) is 59.9 Å². The molecule has 9 rings (SSSR count). The number of rotatable bonds is 2. The molecule has 1 unspecified atom stereocenters. The highest BCUT2D eigenvalue weighted by atomic mass is 16.5. The van der Waals surface area contributed by atoms with Crippen molar-refractivity contribution in [3.8, 4) is 11.5 Å².